The number of urea groups is 1. The van der Waals surface area contributed by atoms with Crippen molar-refractivity contribution in [2.45, 2.75) is 50.5 Å². The molecule has 1 aromatic carbocycles. The Bertz CT molecular complexity index is 808. The molecule has 3 aliphatic rings. The fourth-order valence-electron chi connectivity index (χ4n) is 4.47. The smallest absolute Gasteiger partial charge is 0.322 e. The molecule has 0 radical (unpaired) electrons. The molecule has 0 aromatic heterocycles. The lowest BCUT2D eigenvalue weighted by molar-refractivity contribution is -0.132. The van der Waals surface area contributed by atoms with Crippen LogP contribution in [0, 0.1) is 11.7 Å². The number of carbonyl (C=O) groups excluding carboxylic acids is 3. The first-order valence-corrected chi connectivity index (χ1v) is 9.59. The van der Waals surface area contributed by atoms with Gasteiger partial charge in [0.05, 0.1) is 0 Å². The van der Waals surface area contributed by atoms with Crippen molar-refractivity contribution in [3.05, 3.63) is 35.1 Å². The first-order chi connectivity index (χ1) is 12.9. The van der Waals surface area contributed by atoms with Crippen LogP contribution in [0.25, 0.3) is 0 Å². The zero-order chi connectivity index (χ0) is 19.2. The van der Waals surface area contributed by atoms with E-state index in [-0.39, 0.29) is 35.9 Å². The normalized spacial score (nSPS) is 27.6. The van der Waals surface area contributed by atoms with Gasteiger partial charge in [-0.3, -0.25) is 14.9 Å². The van der Waals surface area contributed by atoms with Crippen LogP contribution in [0.15, 0.2) is 18.2 Å². The maximum absolute atomic E-state index is 13.6. The lowest BCUT2D eigenvalue weighted by Gasteiger charge is -2.28. The van der Waals surface area contributed by atoms with E-state index in [0.717, 1.165) is 24.0 Å². The van der Waals surface area contributed by atoms with Crippen molar-refractivity contribution in [3.8, 4) is 0 Å². The summed E-state index contributed by atoms with van der Waals surface area (Å²) in [5, 5.41) is 5.08. The fraction of sp³-hybridized carbons (Fsp3) is 0.550. The maximum Gasteiger partial charge on any atom is 0.322 e. The number of fused-ring (bicyclic) bond motifs is 1. The number of imide groups is 1. The Hall–Kier alpha value is -2.44. The van der Waals surface area contributed by atoms with Gasteiger partial charge in [0.2, 0.25) is 5.91 Å². The second-order valence-electron chi connectivity index (χ2n) is 7.99. The Morgan fingerprint density at radius 3 is 2.78 bits per heavy atom. The lowest BCUT2D eigenvalue weighted by atomic mass is 9.87. The van der Waals surface area contributed by atoms with Crippen LogP contribution in [0.3, 0.4) is 0 Å². The Morgan fingerprint density at radius 2 is 2.11 bits per heavy atom. The van der Waals surface area contributed by atoms with E-state index in [1.807, 2.05) is 6.92 Å². The van der Waals surface area contributed by atoms with Gasteiger partial charge in [0.25, 0.3) is 5.91 Å². The summed E-state index contributed by atoms with van der Waals surface area (Å²) in [6.07, 6.45) is 3.01. The number of rotatable bonds is 4. The summed E-state index contributed by atoms with van der Waals surface area (Å²) in [5.41, 5.74) is 1.11. The summed E-state index contributed by atoms with van der Waals surface area (Å²) < 4.78 is 13.6. The van der Waals surface area contributed by atoms with E-state index >= 15 is 0 Å². The van der Waals surface area contributed by atoms with E-state index in [1.54, 1.807) is 17.0 Å². The minimum atomic E-state index is -0.934. The predicted molar refractivity (Wildman–Crippen MR) is 96.5 cm³/mol. The molecule has 1 aromatic rings. The first-order valence-electron chi connectivity index (χ1n) is 9.59. The van der Waals surface area contributed by atoms with Gasteiger partial charge >= 0.3 is 6.03 Å². The molecule has 1 aliphatic carbocycles. The maximum atomic E-state index is 13.6. The van der Waals surface area contributed by atoms with Crippen LogP contribution in [-0.2, 0) is 16.0 Å². The molecule has 0 bridgehead atoms. The molecule has 2 heterocycles. The van der Waals surface area contributed by atoms with Gasteiger partial charge in [-0.05, 0) is 60.8 Å². The van der Waals surface area contributed by atoms with Gasteiger partial charge in [-0.2, -0.15) is 0 Å². The van der Waals surface area contributed by atoms with Gasteiger partial charge < -0.3 is 10.2 Å². The highest BCUT2D eigenvalue weighted by Crippen LogP contribution is 2.43. The highest BCUT2D eigenvalue weighted by molar-refractivity contribution is 6.07. The summed E-state index contributed by atoms with van der Waals surface area (Å²) in [6, 6.07) is 4.36. The Kier molecular flexibility index (Phi) is 4.40. The van der Waals surface area contributed by atoms with E-state index in [4.69, 9.17) is 0 Å². The average molecular weight is 373 g/mol. The molecule has 2 fully saturated rings. The lowest BCUT2D eigenvalue weighted by Crippen LogP contribution is -2.50. The SMILES string of the molecule is C[C@@H]1CN(C(=O)CC[C@@]2(C3CC3)NC(=O)NC2=O)CCc2ccc(F)cc21. The molecule has 0 unspecified atom stereocenters. The van der Waals surface area contributed by atoms with Crippen LogP contribution >= 0.6 is 0 Å². The summed E-state index contributed by atoms with van der Waals surface area (Å²) in [5.74, 6) is -0.421. The second-order valence-corrected chi connectivity index (χ2v) is 7.99. The summed E-state index contributed by atoms with van der Waals surface area (Å²) in [7, 11) is 0. The first kappa shape index (κ1) is 17.9. The Balaban J connectivity index is 1.43. The van der Waals surface area contributed by atoms with Gasteiger partial charge in [-0.1, -0.05) is 13.0 Å². The number of nitrogens with one attached hydrogen (secondary N) is 2. The molecule has 1 saturated heterocycles. The molecule has 2 atom stereocenters. The summed E-state index contributed by atoms with van der Waals surface area (Å²) in [6.45, 7) is 3.11. The fourth-order valence-corrected chi connectivity index (χ4v) is 4.47. The van der Waals surface area contributed by atoms with Crippen molar-refractivity contribution in [2.24, 2.45) is 5.92 Å². The number of halogens is 1. The number of hydrogen-bond acceptors (Lipinski definition) is 3. The van der Waals surface area contributed by atoms with Gasteiger partial charge in [-0.25, -0.2) is 9.18 Å². The van der Waals surface area contributed by atoms with Crippen molar-refractivity contribution in [1.29, 1.82) is 0 Å². The van der Waals surface area contributed by atoms with Crippen LogP contribution in [-0.4, -0.2) is 41.4 Å². The number of hydrogen-bond donors (Lipinski definition) is 2. The van der Waals surface area contributed by atoms with E-state index in [2.05, 4.69) is 10.6 Å². The van der Waals surface area contributed by atoms with E-state index < -0.39 is 11.6 Å². The van der Waals surface area contributed by atoms with Crippen LogP contribution in [0.2, 0.25) is 0 Å². The molecule has 1 saturated carbocycles. The van der Waals surface area contributed by atoms with Crippen LogP contribution in [0.4, 0.5) is 9.18 Å². The van der Waals surface area contributed by atoms with Crippen molar-refractivity contribution < 1.29 is 18.8 Å². The molecule has 2 aliphatic heterocycles. The average Bonchev–Trinajstić information content (AvgIpc) is 3.44. The van der Waals surface area contributed by atoms with Crippen LogP contribution < -0.4 is 10.6 Å². The Morgan fingerprint density at radius 1 is 1.33 bits per heavy atom. The van der Waals surface area contributed by atoms with Crippen molar-refractivity contribution in [1.82, 2.24) is 15.5 Å². The molecule has 27 heavy (non-hydrogen) atoms. The largest absolute Gasteiger partial charge is 0.342 e. The van der Waals surface area contributed by atoms with E-state index in [1.165, 1.54) is 6.07 Å². The van der Waals surface area contributed by atoms with Crippen molar-refractivity contribution >= 4 is 17.8 Å². The molecular weight excluding hydrogens is 349 g/mol. The zero-order valence-corrected chi connectivity index (χ0v) is 15.4. The van der Waals surface area contributed by atoms with E-state index in [9.17, 15) is 18.8 Å². The van der Waals surface area contributed by atoms with Gasteiger partial charge in [0, 0.05) is 19.5 Å². The number of nitrogens with zero attached hydrogens (tertiary/aromatic N) is 1. The Labute approximate surface area is 157 Å². The molecule has 4 amide bonds. The minimum Gasteiger partial charge on any atom is -0.342 e. The standard InChI is InChI=1S/C20H24FN3O3/c1-12-11-24(9-7-13-2-5-15(21)10-16(12)13)17(25)6-8-20(14-3-4-14)18(26)22-19(27)23-20/h2,5,10,12,14H,3-4,6-9,11H2,1H3,(H2,22,23,26,27)/t12-,20+/m1/s1. The third kappa shape index (κ3) is 3.31. The van der Waals surface area contributed by atoms with Gasteiger partial charge in [0.1, 0.15) is 11.4 Å². The zero-order valence-electron chi connectivity index (χ0n) is 15.4. The number of benzene rings is 1. The van der Waals surface area contributed by atoms with Crippen LogP contribution in [0.5, 0.6) is 0 Å². The molecular formula is C20H24FN3O3. The van der Waals surface area contributed by atoms with Gasteiger partial charge in [-0.15, -0.1) is 0 Å². The molecule has 0 spiro atoms. The van der Waals surface area contributed by atoms with Crippen molar-refractivity contribution in [3.63, 3.8) is 0 Å². The molecule has 6 nitrogen and oxygen atoms in total. The molecule has 2 N–H and O–H groups in total. The predicted octanol–water partition coefficient (Wildman–Crippen LogP) is 2.08. The van der Waals surface area contributed by atoms with Crippen LogP contribution in [0.1, 0.15) is 49.7 Å². The van der Waals surface area contributed by atoms with E-state index in [0.29, 0.717) is 25.9 Å². The number of carbonyl (C=O) groups is 3. The summed E-state index contributed by atoms with van der Waals surface area (Å²) >= 11 is 0. The summed E-state index contributed by atoms with van der Waals surface area (Å²) in [4.78, 5) is 38.6. The quantitative estimate of drug-likeness (QED) is 0.793. The highest BCUT2D eigenvalue weighted by atomic mass is 19.1. The molecule has 144 valence electrons. The second kappa shape index (κ2) is 6.62. The highest BCUT2D eigenvalue weighted by Gasteiger charge is 2.55. The molecule has 4 rings (SSSR count). The molecule has 7 heteroatoms. The van der Waals surface area contributed by atoms with Crippen molar-refractivity contribution in [2.75, 3.05) is 13.1 Å². The monoisotopic (exact) mass is 373 g/mol. The minimum absolute atomic E-state index is 0.0240. The number of amides is 4. The third-order valence-electron chi connectivity index (χ3n) is 6.11. The topological polar surface area (TPSA) is 78.5 Å². The third-order valence-corrected chi connectivity index (χ3v) is 6.11. The van der Waals surface area contributed by atoms with Gasteiger partial charge in [0.15, 0.2) is 0 Å².